The lowest BCUT2D eigenvalue weighted by atomic mass is 9.88. The summed E-state index contributed by atoms with van der Waals surface area (Å²) < 4.78 is 31.5. The highest BCUT2D eigenvalue weighted by atomic mass is 35.5. The third-order valence-corrected chi connectivity index (χ3v) is 8.00. The lowest BCUT2D eigenvalue weighted by Gasteiger charge is -2.31. The van der Waals surface area contributed by atoms with Gasteiger partial charge in [0.25, 0.3) is 0 Å². The molecule has 3 saturated carbocycles. The maximum Gasteiger partial charge on any atom is 0.185 e. The highest BCUT2D eigenvalue weighted by molar-refractivity contribution is 6.30. The Morgan fingerprint density at radius 2 is 1.80 bits per heavy atom. The number of halogens is 3. The topological polar surface area (TPSA) is 74.8 Å². The quantitative estimate of drug-likeness (QED) is 0.547. The van der Waals surface area contributed by atoms with E-state index in [1.165, 1.54) is 0 Å². The van der Waals surface area contributed by atoms with Crippen LogP contribution < -0.4 is 0 Å². The third kappa shape index (κ3) is 2.75. The molecule has 0 bridgehead atoms. The molecule has 3 aliphatic carbocycles. The first-order valence-electron chi connectivity index (χ1n) is 9.17. The summed E-state index contributed by atoms with van der Waals surface area (Å²) in [5, 5.41) is 19.1. The maximum atomic E-state index is 15.2. The molecule has 2 heterocycles. The van der Waals surface area contributed by atoms with E-state index in [2.05, 4.69) is 0 Å². The smallest absolute Gasteiger partial charge is 0.185 e. The van der Waals surface area contributed by atoms with Gasteiger partial charge in [-0.25, -0.2) is 4.39 Å². The summed E-state index contributed by atoms with van der Waals surface area (Å²) in [6, 6.07) is 0. The first-order chi connectivity index (χ1) is 11.9. The van der Waals surface area contributed by atoms with Crippen LogP contribution in [0.4, 0.5) is 4.39 Å². The van der Waals surface area contributed by atoms with Crippen LogP contribution in [0.2, 0.25) is 0 Å². The summed E-state index contributed by atoms with van der Waals surface area (Å²) in [5.41, 5.74) is -1.49. The summed E-state index contributed by atoms with van der Waals surface area (Å²) in [5.74, 6) is -0.261. The van der Waals surface area contributed by atoms with Crippen LogP contribution in [0.5, 0.6) is 0 Å². The van der Waals surface area contributed by atoms with Crippen molar-refractivity contribution in [2.24, 2.45) is 23.7 Å². The standard InChI is InChI=1S/C17H23Cl2FO5/c18-8-2-1-6(3-9(8)19)5-23-10-4-7-12(11(10)13-15(21)24-13)17(7,20)14-16(22)25-14/h6-16,21-22H,1-5H2. The lowest BCUT2D eigenvalue weighted by molar-refractivity contribution is -0.0311. The molecule has 5 aliphatic rings. The molecule has 5 fully saturated rings. The number of epoxide rings is 2. The van der Waals surface area contributed by atoms with Gasteiger partial charge in [0.1, 0.15) is 17.9 Å². The van der Waals surface area contributed by atoms with Gasteiger partial charge in [-0.3, -0.25) is 0 Å². The number of aliphatic hydroxyl groups is 2. The number of rotatable bonds is 5. The van der Waals surface area contributed by atoms with Gasteiger partial charge >= 0.3 is 0 Å². The number of ether oxygens (including phenoxy) is 3. The van der Waals surface area contributed by atoms with Crippen molar-refractivity contribution in [1.82, 2.24) is 0 Å². The monoisotopic (exact) mass is 396 g/mol. The lowest BCUT2D eigenvalue weighted by Crippen LogP contribution is -2.37. The van der Waals surface area contributed by atoms with E-state index in [4.69, 9.17) is 37.4 Å². The number of hydrogen-bond acceptors (Lipinski definition) is 5. The third-order valence-electron chi connectivity index (χ3n) is 6.87. The molecule has 0 amide bonds. The van der Waals surface area contributed by atoms with E-state index in [9.17, 15) is 10.2 Å². The molecule has 0 aromatic carbocycles. The van der Waals surface area contributed by atoms with Crippen molar-refractivity contribution in [2.45, 2.75) is 73.0 Å². The summed E-state index contributed by atoms with van der Waals surface area (Å²) in [6.07, 6.45) is 0.246. The molecule has 0 spiro atoms. The molecule has 12 unspecified atom stereocenters. The van der Waals surface area contributed by atoms with Crippen molar-refractivity contribution in [2.75, 3.05) is 6.61 Å². The summed E-state index contributed by atoms with van der Waals surface area (Å²) in [6.45, 7) is 0.581. The van der Waals surface area contributed by atoms with Crippen molar-refractivity contribution in [3.8, 4) is 0 Å². The van der Waals surface area contributed by atoms with Gasteiger partial charge in [0, 0.05) is 29.7 Å². The molecule has 142 valence electrons. The molecule has 0 aromatic rings. The van der Waals surface area contributed by atoms with E-state index >= 15 is 4.39 Å². The Kier molecular flexibility index (Phi) is 4.11. The number of hydrogen-bond donors (Lipinski definition) is 2. The SMILES string of the molecule is OC1OC1C1C(OCC2CCC(Cl)C(Cl)C2)CC2C1C2(F)C1OC1O. The second-order valence-electron chi connectivity index (χ2n) is 8.29. The summed E-state index contributed by atoms with van der Waals surface area (Å²) in [4.78, 5) is 0. The normalized spacial score (nSPS) is 62.5. The van der Waals surface area contributed by atoms with Gasteiger partial charge in [-0.2, -0.15) is 0 Å². The molecule has 0 radical (unpaired) electrons. The molecular weight excluding hydrogens is 374 g/mol. The van der Waals surface area contributed by atoms with Crippen LogP contribution in [0.1, 0.15) is 25.7 Å². The molecule has 2 saturated heterocycles. The first kappa shape index (κ1) is 17.4. The number of aliphatic hydroxyl groups excluding tert-OH is 2. The van der Waals surface area contributed by atoms with Crippen LogP contribution in [0.25, 0.3) is 0 Å². The predicted octanol–water partition coefficient (Wildman–Crippen LogP) is 1.80. The number of alkyl halides is 3. The van der Waals surface area contributed by atoms with Gasteiger partial charge in [-0.15, -0.1) is 23.2 Å². The van der Waals surface area contributed by atoms with Crippen LogP contribution in [0, 0.1) is 23.7 Å². The Morgan fingerprint density at radius 1 is 1.08 bits per heavy atom. The summed E-state index contributed by atoms with van der Waals surface area (Å²) >= 11 is 12.4. The van der Waals surface area contributed by atoms with Crippen molar-refractivity contribution in [1.29, 1.82) is 0 Å². The fourth-order valence-electron chi connectivity index (χ4n) is 5.40. The molecule has 5 nitrogen and oxygen atoms in total. The molecular formula is C17H23Cl2FO5. The average Bonchev–Trinajstić information content (AvgIpc) is 3.51. The van der Waals surface area contributed by atoms with Crippen LogP contribution in [-0.2, 0) is 14.2 Å². The van der Waals surface area contributed by atoms with E-state index in [1.807, 2.05) is 0 Å². The van der Waals surface area contributed by atoms with Crippen LogP contribution in [-0.4, -0.2) is 64.1 Å². The predicted molar refractivity (Wildman–Crippen MR) is 87.0 cm³/mol. The van der Waals surface area contributed by atoms with Crippen molar-refractivity contribution in [3.63, 3.8) is 0 Å². The fraction of sp³-hybridized carbons (Fsp3) is 1.00. The van der Waals surface area contributed by atoms with Crippen molar-refractivity contribution in [3.05, 3.63) is 0 Å². The van der Waals surface area contributed by atoms with Gasteiger partial charge in [-0.1, -0.05) is 0 Å². The highest BCUT2D eigenvalue weighted by Gasteiger charge is 2.83. The molecule has 5 rings (SSSR count). The van der Waals surface area contributed by atoms with Gasteiger partial charge in [-0.05, 0) is 31.6 Å². The molecule has 8 heteroatoms. The van der Waals surface area contributed by atoms with E-state index in [0.717, 1.165) is 19.3 Å². The molecule has 0 aromatic heterocycles. The van der Waals surface area contributed by atoms with Crippen molar-refractivity contribution >= 4 is 23.2 Å². The van der Waals surface area contributed by atoms with Crippen LogP contribution >= 0.6 is 23.2 Å². The minimum Gasteiger partial charge on any atom is -0.378 e. The Bertz CT molecular complexity index is 555. The highest BCUT2D eigenvalue weighted by Crippen LogP contribution is 2.72. The largest absolute Gasteiger partial charge is 0.378 e. The molecule has 12 atom stereocenters. The van der Waals surface area contributed by atoms with Crippen LogP contribution in [0.15, 0.2) is 0 Å². The maximum absolute atomic E-state index is 15.2. The zero-order chi connectivity index (χ0) is 17.5. The molecule has 25 heavy (non-hydrogen) atoms. The second kappa shape index (κ2) is 5.90. The first-order valence-corrected chi connectivity index (χ1v) is 10.0. The minimum absolute atomic E-state index is 0.0249. The van der Waals surface area contributed by atoms with Gasteiger partial charge in [0.05, 0.1) is 11.5 Å². The van der Waals surface area contributed by atoms with Crippen molar-refractivity contribution < 1.29 is 28.8 Å². The van der Waals surface area contributed by atoms with E-state index in [-0.39, 0.29) is 40.7 Å². The summed E-state index contributed by atoms with van der Waals surface area (Å²) in [7, 11) is 0. The van der Waals surface area contributed by atoms with E-state index in [1.54, 1.807) is 0 Å². The van der Waals surface area contributed by atoms with Gasteiger partial charge in [0.2, 0.25) is 0 Å². The zero-order valence-corrected chi connectivity index (χ0v) is 15.2. The Hall–Kier alpha value is 0.310. The minimum atomic E-state index is -1.49. The van der Waals surface area contributed by atoms with E-state index in [0.29, 0.717) is 18.9 Å². The van der Waals surface area contributed by atoms with Gasteiger partial charge in [0.15, 0.2) is 12.6 Å². The number of fused-ring (bicyclic) bond motifs is 1. The Morgan fingerprint density at radius 3 is 2.40 bits per heavy atom. The zero-order valence-electron chi connectivity index (χ0n) is 13.6. The van der Waals surface area contributed by atoms with Gasteiger partial charge < -0.3 is 24.4 Å². The molecule has 2 aliphatic heterocycles. The van der Waals surface area contributed by atoms with Crippen LogP contribution in [0.3, 0.4) is 0 Å². The Balaban J connectivity index is 1.21. The molecule has 2 N–H and O–H groups in total. The second-order valence-corrected chi connectivity index (χ2v) is 9.42. The van der Waals surface area contributed by atoms with E-state index < -0.39 is 24.4 Å². The average molecular weight is 397 g/mol. The fourth-order valence-corrected chi connectivity index (χ4v) is 6.00. The Labute approximate surface area is 155 Å².